The summed E-state index contributed by atoms with van der Waals surface area (Å²) in [4.78, 5) is 9.00. The van der Waals surface area contributed by atoms with Crippen LogP contribution in [0, 0.1) is 13.8 Å². The van der Waals surface area contributed by atoms with Crippen molar-refractivity contribution in [1.29, 1.82) is 0 Å². The van der Waals surface area contributed by atoms with Crippen molar-refractivity contribution in [3.05, 3.63) is 321 Å². The summed E-state index contributed by atoms with van der Waals surface area (Å²) in [7, 11) is -21.9. The minimum Gasteiger partial charge on any atom is -1.00 e. The van der Waals surface area contributed by atoms with Gasteiger partial charge in [-0.3, -0.25) is 29.7 Å². The number of nitrogens with zero attached hydrogens (tertiary/aromatic N) is 5. The molecule has 15 rings (SSSR count). The molecule has 0 bridgehead atoms. The number of fused-ring (bicyclic) bond motifs is 10. The second-order valence-corrected chi connectivity index (χ2v) is 42.3. The highest BCUT2D eigenvalue weighted by Gasteiger charge is 2.51. The molecule has 40 heteroatoms. The van der Waals surface area contributed by atoms with Gasteiger partial charge in [-0.15, -0.1) is 0 Å². The molecule has 4 atom stereocenters. The highest BCUT2D eigenvalue weighted by molar-refractivity contribution is 7.87. The third-order valence-electron chi connectivity index (χ3n) is 24.5. The maximum Gasteiger partial charge on any atom is 0.762 e. The number of hydrogen-bond donors (Lipinski definition) is 0. The number of unbranched alkanes of at least 4 members (excludes halogenated alkanes) is 2. The molecule has 756 valence electrons. The molecule has 0 aliphatic carbocycles. The van der Waals surface area contributed by atoms with Gasteiger partial charge >= 0.3 is 32.2 Å². The Kier molecular flexibility index (Phi) is 36.0. The fourth-order valence-corrected chi connectivity index (χ4v) is 22.6. The summed E-state index contributed by atoms with van der Waals surface area (Å²) in [5, 5.41) is 5.68. The van der Waals surface area contributed by atoms with Crippen LogP contribution in [0.4, 0.5) is 88.4 Å². The first kappa shape index (κ1) is 111. The Balaban J connectivity index is 0.000000262. The normalized spacial score (nSPS) is 16.4. The van der Waals surface area contributed by atoms with E-state index in [0.717, 1.165) is 114 Å². The molecular weight excluding hydrogens is 1970 g/mol. The SMILES string of the molecule is CC1(C)C(/C=C/C=C/C=C/C=C2/N(CCCCS(=O)(=O)OC(c3ccccc3)C(F)(F)F)c3ccc4ccccc4c3C2(C)C)=[N+](CCCCS(=O)(=O)OC(c2ccccc2)C(F)(F)F)c2ccc3ccccc3c21.Cc1ccc(C(OS(=O)(=O)CCCN2CCCc3cc4c(cc32)Oc2cc3c(cc2=N4)CCC[N+]=3CCCS(=O)(=O)OC(c2ccc(C)cc2)C(F)(F)F)C(F)(F)F)cc1.FB(F)F.[Cl-].[F-]. The zero-order valence-corrected chi connectivity index (χ0v) is 81.3. The van der Waals surface area contributed by atoms with E-state index in [0.29, 0.717) is 61.6 Å². The lowest BCUT2D eigenvalue weighted by atomic mass is 9.79. The smallest absolute Gasteiger partial charge is 0.762 e. The quantitative estimate of drug-likeness (QED) is 0.00918. The number of aryl methyl sites for hydroxylation is 4. The molecule has 18 nitrogen and oxygen atoms in total. The van der Waals surface area contributed by atoms with Gasteiger partial charge in [-0.25, -0.2) is 9.57 Å². The average Bonchev–Trinajstić information content (AvgIpc) is 1.58. The summed E-state index contributed by atoms with van der Waals surface area (Å²) in [6.07, 6.45) is -12.8. The van der Waals surface area contributed by atoms with Crippen molar-refractivity contribution in [3.63, 3.8) is 0 Å². The summed E-state index contributed by atoms with van der Waals surface area (Å²) in [6.45, 7) is 14.3. The van der Waals surface area contributed by atoms with Gasteiger partial charge in [-0.05, 0) is 158 Å². The molecule has 0 N–H and O–H groups in total. The number of benzene rings is 10. The monoisotopic (exact) mass is 2070 g/mol. The maximum absolute atomic E-state index is 14.0. The van der Waals surface area contributed by atoms with Crippen LogP contribution in [-0.2, 0) is 80.9 Å². The van der Waals surface area contributed by atoms with Gasteiger partial charge in [0.15, 0.2) is 41.6 Å². The summed E-state index contributed by atoms with van der Waals surface area (Å²) in [5.41, 5.74) is 8.62. The zero-order valence-electron chi connectivity index (χ0n) is 77.3. The van der Waals surface area contributed by atoms with Crippen molar-refractivity contribution in [2.45, 2.75) is 166 Å². The van der Waals surface area contributed by atoms with Gasteiger partial charge < -0.3 is 31.6 Å². The second-order valence-electron chi connectivity index (χ2n) is 35.4. The Bertz CT molecular complexity index is 6900. The van der Waals surface area contributed by atoms with E-state index in [1.807, 2.05) is 137 Å². The number of ether oxygens (including phenoxy) is 1. The molecule has 0 fully saturated rings. The van der Waals surface area contributed by atoms with Crippen LogP contribution in [0.1, 0.15) is 159 Å². The van der Waals surface area contributed by atoms with E-state index < -0.39 is 131 Å². The first-order chi connectivity index (χ1) is 65.5. The third kappa shape index (κ3) is 28.0. The summed E-state index contributed by atoms with van der Waals surface area (Å²) in [5.74, 6) is -1.52. The lowest BCUT2D eigenvalue weighted by molar-refractivity contribution is -0.438. The molecular formula is C101H103BClF16N5O13S4. The summed E-state index contributed by atoms with van der Waals surface area (Å²) >= 11 is 0. The van der Waals surface area contributed by atoms with Gasteiger partial charge in [0, 0.05) is 90.7 Å². The first-order valence-corrected chi connectivity index (χ1v) is 51.3. The molecule has 4 unspecified atom stereocenters. The number of halogens is 17. The topological polar surface area (TPSA) is 208 Å². The predicted octanol–water partition coefficient (Wildman–Crippen LogP) is 17.1. The van der Waals surface area contributed by atoms with Crippen LogP contribution in [0.15, 0.2) is 259 Å². The zero-order chi connectivity index (χ0) is 100. The number of alkyl halides is 12. The van der Waals surface area contributed by atoms with E-state index in [2.05, 4.69) is 49.3 Å². The van der Waals surface area contributed by atoms with E-state index in [1.165, 1.54) is 109 Å². The van der Waals surface area contributed by atoms with Gasteiger partial charge in [0.1, 0.15) is 30.7 Å². The lowest BCUT2D eigenvalue weighted by Crippen LogP contribution is -3.00. The fraction of sp³-hybridized carbons (Fsp3) is 0.356. The van der Waals surface area contributed by atoms with Crippen LogP contribution >= 0.6 is 0 Å². The standard InChI is InChI=1S/C59H59F6N2O6S2.C42H44F6N3O7S2.BF3.ClH.FH/c1-56(2)50(66(48-36-34-42-24-16-18-30-46(42)52(48)56)38-20-22-40-74(68,69)72-54(58(60,61)62)44-26-10-8-11-27-44)32-14-6-5-7-15-33-51-57(3,4)53-47-31-19-17-25-43(47)35-37-49(53)67(51)39-21-23-41-75(70,71)73-55(59(63,64)65)45-28-12-9-13-29-45;1-27-9-13-29(14-10-27)39(41(43,44)45)57-59(52,53)21-5-19-50-17-3-7-31-23-33-37(25-35(31)50)56-38-26-36-32(24-34(38)49-33)8-4-18-51(36)20-6-22-60(54,55)58-40(42(46,47)48)30-15-11-28(2)12-16-30;2-1(3)4;;/h5-19,24-37,54-55H,20-23,38-41H2,1-4H3;9-16,23-26,39-40H,3-8,17-22H2,1-2H3;;2*1H/q2*+1;;;/p-2. The van der Waals surface area contributed by atoms with Crippen molar-refractivity contribution in [2.75, 3.05) is 72.1 Å². The summed E-state index contributed by atoms with van der Waals surface area (Å²) < 4.78 is 329. The molecule has 5 heterocycles. The van der Waals surface area contributed by atoms with Crippen LogP contribution in [0.3, 0.4) is 0 Å². The predicted molar refractivity (Wildman–Crippen MR) is 507 cm³/mol. The first-order valence-electron chi connectivity index (χ1n) is 45.0. The van der Waals surface area contributed by atoms with Crippen LogP contribution in [0.2, 0.25) is 0 Å². The minimum absolute atomic E-state index is 0. The molecule has 10 aromatic carbocycles. The summed E-state index contributed by atoms with van der Waals surface area (Å²) in [6, 6.07) is 55.9. The average molecular weight is 2070 g/mol. The van der Waals surface area contributed by atoms with Crippen LogP contribution in [0.25, 0.3) is 21.5 Å². The van der Waals surface area contributed by atoms with Gasteiger partial charge in [-0.2, -0.15) is 90.9 Å². The van der Waals surface area contributed by atoms with E-state index in [-0.39, 0.29) is 78.1 Å². The fourth-order valence-electron chi connectivity index (χ4n) is 18.1. The van der Waals surface area contributed by atoms with Crippen molar-refractivity contribution in [3.8, 4) is 11.5 Å². The number of anilines is 2. The van der Waals surface area contributed by atoms with Crippen molar-refractivity contribution >= 4 is 98.0 Å². The highest BCUT2D eigenvalue weighted by atomic mass is 35.5. The Hall–Kier alpha value is -10.8. The lowest BCUT2D eigenvalue weighted by Gasteiger charge is -2.32. The Morgan fingerprint density at radius 3 is 1.44 bits per heavy atom. The van der Waals surface area contributed by atoms with E-state index in [9.17, 15) is 99.3 Å². The highest BCUT2D eigenvalue weighted by Crippen LogP contribution is 2.53. The van der Waals surface area contributed by atoms with Crippen molar-refractivity contribution in [1.82, 2.24) is 4.58 Å². The van der Waals surface area contributed by atoms with Crippen LogP contribution < -0.4 is 46.9 Å². The Morgan fingerprint density at radius 2 is 0.915 bits per heavy atom. The number of hydrogen-bond acceptors (Lipinski definition) is 16. The molecule has 10 aromatic rings. The molecule has 5 aliphatic heterocycles. The third-order valence-corrected chi connectivity index (χ3v) is 29.6. The molecule has 0 saturated carbocycles. The van der Waals surface area contributed by atoms with Gasteiger partial charge in [0.25, 0.3) is 40.5 Å². The molecule has 0 amide bonds. The molecule has 141 heavy (non-hydrogen) atoms. The van der Waals surface area contributed by atoms with Crippen molar-refractivity contribution in [2.24, 2.45) is 4.99 Å². The van der Waals surface area contributed by atoms with E-state index in [1.54, 1.807) is 13.8 Å². The molecule has 0 radical (unpaired) electrons. The van der Waals surface area contributed by atoms with E-state index >= 15 is 0 Å². The largest absolute Gasteiger partial charge is 1.00 e. The maximum atomic E-state index is 14.0. The second kappa shape index (κ2) is 45.9. The van der Waals surface area contributed by atoms with Crippen LogP contribution in [-0.4, -0.2) is 138 Å². The molecule has 0 saturated heterocycles. The Labute approximate surface area is 815 Å². The van der Waals surface area contributed by atoms with Gasteiger partial charge in [0.05, 0.1) is 34.5 Å². The molecule has 0 spiro atoms. The van der Waals surface area contributed by atoms with Gasteiger partial charge in [0.2, 0.25) is 11.0 Å². The molecule has 5 aliphatic rings. The molecule has 0 aromatic heterocycles. The van der Waals surface area contributed by atoms with Crippen molar-refractivity contribution < 1.29 is 142 Å². The van der Waals surface area contributed by atoms with Gasteiger partial charge in [-0.1, -0.05) is 219 Å². The number of allylic oxidation sites excluding steroid dienone is 8. The Morgan fingerprint density at radius 1 is 0.461 bits per heavy atom. The number of rotatable bonds is 34. The van der Waals surface area contributed by atoms with Crippen LogP contribution in [0.5, 0.6) is 11.5 Å². The van der Waals surface area contributed by atoms with E-state index in [4.69, 9.17) is 26.5 Å². The minimum atomic E-state index is -4.94.